The molecule has 1 N–H and O–H groups in total. The predicted octanol–water partition coefficient (Wildman–Crippen LogP) is 6.30. The van der Waals surface area contributed by atoms with Crippen molar-refractivity contribution in [3.63, 3.8) is 0 Å². The molecule has 1 aromatic rings. The van der Waals surface area contributed by atoms with Crippen molar-refractivity contribution in [2.45, 2.75) is 37.4 Å². The SMILES string of the molecule is O=C(CSC1CCCCC1)Nc1c(Cl)c(Cl)cc(Cl)c1Cl. The van der Waals surface area contributed by atoms with E-state index in [4.69, 9.17) is 46.4 Å². The zero-order chi connectivity index (χ0) is 15.4. The van der Waals surface area contributed by atoms with E-state index in [2.05, 4.69) is 5.32 Å². The monoisotopic (exact) mass is 385 g/mol. The molecule has 21 heavy (non-hydrogen) atoms. The van der Waals surface area contributed by atoms with Gasteiger partial charge in [-0.05, 0) is 18.9 Å². The van der Waals surface area contributed by atoms with E-state index in [0.29, 0.717) is 11.0 Å². The number of benzene rings is 1. The van der Waals surface area contributed by atoms with Gasteiger partial charge in [0.15, 0.2) is 0 Å². The van der Waals surface area contributed by atoms with Gasteiger partial charge >= 0.3 is 0 Å². The van der Waals surface area contributed by atoms with Crippen LogP contribution in [0.1, 0.15) is 32.1 Å². The second kappa shape index (κ2) is 8.16. The third-order valence-corrected chi connectivity index (χ3v) is 6.33. The normalized spacial score (nSPS) is 16.0. The van der Waals surface area contributed by atoms with Crippen molar-refractivity contribution in [1.82, 2.24) is 0 Å². The second-order valence-electron chi connectivity index (χ2n) is 4.96. The Morgan fingerprint density at radius 3 is 2.24 bits per heavy atom. The van der Waals surface area contributed by atoms with E-state index < -0.39 is 0 Å². The maximum atomic E-state index is 12.0. The topological polar surface area (TPSA) is 29.1 Å². The van der Waals surface area contributed by atoms with Gasteiger partial charge < -0.3 is 5.32 Å². The molecule has 0 unspecified atom stereocenters. The standard InChI is InChI=1S/C14H15Cl4NOS/c15-9-6-10(16)13(18)14(12(9)17)19-11(20)7-21-8-4-2-1-3-5-8/h6,8H,1-5,7H2,(H,19,20). The summed E-state index contributed by atoms with van der Waals surface area (Å²) in [5, 5.41) is 4.23. The lowest BCUT2D eigenvalue weighted by atomic mass is 10.0. The molecule has 0 aliphatic heterocycles. The largest absolute Gasteiger partial charge is 0.323 e. The Morgan fingerprint density at radius 1 is 1.10 bits per heavy atom. The number of hydrogen-bond donors (Lipinski definition) is 1. The van der Waals surface area contributed by atoms with E-state index in [1.54, 1.807) is 11.8 Å². The number of halogens is 4. The zero-order valence-electron chi connectivity index (χ0n) is 11.2. The maximum Gasteiger partial charge on any atom is 0.234 e. The van der Waals surface area contributed by atoms with Crippen molar-refractivity contribution < 1.29 is 4.79 Å². The van der Waals surface area contributed by atoms with Crippen LogP contribution in [-0.4, -0.2) is 16.9 Å². The van der Waals surface area contributed by atoms with Gasteiger partial charge in [0.2, 0.25) is 5.91 Å². The Labute approximate surface area is 148 Å². The van der Waals surface area contributed by atoms with Crippen LogP contribution in [0.5, 0.6) is 0 Å². The lowest BCUT2D eigenvalue weighted by Crippen LogP contribution is -2.18. The smallest absolute Gasteiger partial charge is 0.234 e. The van der Waals surface area contributed by atoms with Crippen LogP contribution in [0.2, 0.25) is 20.1 Å². The van der Waals surface area contributed by atoms with Gasteiger partial charge in [-0.15, -0.1) is 11.8 Å². The summed E-state index contributed by atoms with van der Waals surface area (Å²) in [7, 11) is 0. The van der Waals surface area contributed by atoms with Crippen LogP contribution in [0.3, 0.4) is 0 Å². The number of carbonyl (C=O) groups excluding carboxylic acids is 1. The fourth-order valence-electron chi connectivity index (χ4n) is 2.28. The molecular weight excluding hydrogens is 372 g/mol. The summed E-state index contributed by atoms with van der Waals surface area (Å²) >= 11 is 25.7. The van der Waals surface area contributed by atoms with Gasteiger partial charge in [0, 0.05) is 5.25 Å². The van der Waals surface area contributed by atoms with Gasteiger partial charge in [0.05, 0.1) is 31.5 Å². The highest BCUT2D eigenvalue weighted by molar-refractivity contribution is 8.00. The highest BCUT2D eigenvalue weighted by Crippen LogP contribution is 2.41. The Balaban J connectivity index is 1.96. The van der Waals surface area contributed by atoms with Crippen LogP contribution in [-0.2, 0) is 4.79 Å². The summed E-state index contributed by atoms with van der Waals surface area (Å²) in [5.74, 6) is 0.231. The van der Waals surface area contributed by atoms with Crippen molar-refractivity contribution in [2.75, 3.05) is 11.1 Å². The quantitative estimate of drug-likeness (QED) is 0.614. The molecule has 0 spiro atoms. The van der Waals surface area contributed by atoms with E-state index >= 15 is 0 Å². The first-order chi connectivity index (χ1) is 9.99. The Kier molecular flexibility index (Phi) is 6.82. The molecule has 0 aromatic heterocycles. The first-order valence-electron chi connectivity index (χ1n) is 6.73. The third kappa shape index (κ3) is 4.84. The van der Waals surface area contributed by atoms with Crippen molar-refractivity contribution in [3.05, 3.63) is 26.2 Å². The van der Waals surface area contributed by atoms with E-state index in [0.717, 1.165) is 0 Å². The minimum atomic E-state index is -0.146. The van der Waals surface area contributed by atoms with Crippen LogP contribution in [0.25, 0.3) is 0 Å². The molecule has 1 fully saturated rings. The van der Waals surface area contributed by atoms with Crippen LogP contribution in [0.4, 0.5) is 5.69 Å². The fourth-order valence-corrected chi connectivity index (χ4v) is 4.31. The minimum absolute atomic E-state index is 0.146. The first kappa shape index (κ1) is 17.6. The molecule has 0 saturated heterocycles. The number of amides is 1. The summed E-state index contributed by atoms with van der Waals surface area (Å²) in [6.07, 6.45) is 6.17. The highest BCUT2D eigenvalue weighted by atomic mass is 35.5. The molecule has 2 rings (SSSR count). The van der Waals surface area contributed by atoms with E-state index in [1.165, 1.54) is 38.2 Å². The minimum Gasteiger partial charge on any atom is -0.323 e. The van der Waals surface area contributed by atoms with Crippen molar-refractivity contribution >= 4 is 69.8 Å². The predicted molar refractivity (Wildman–Crippen MR) is 94.4 cm³/mol. The molecule has 2 nitrogen and oxygen atoms in total. The molecule has 1 amide bonds. The summed E-state index contributed by atoms with van der Waals surface area (Å²) in [5.41, 5.74) is 0.282. The van der Waals surface area contributed by atoms with Crippen molar-refractivity contribution in [1.29, 1.82) is 0 Å². The molecule has 1 aliphatic carbocycles. The molecule has 7 heteroatoms. The Hall–Kier alpha value is 0.200. The zero-order valence-corrected chi connectivity index (χ0v) is 15.1. The average molecular weight is 387 g/mol. The van der Waals surface area contributed by atoms with Crippen molar-refractivity contribution in [2.24, 2.45) is 0 Å². The molecule has 1 aromatic carbocycles. The van der Waals surface area contributed by atoms with E-state index in [-0.39, 0.29) is 31.7 Å². The average Bonchev–Trinajstić information content (AvgIpc) is 2.48. The number of hydrogen-bond acceptors (Lipinski definition) is 2. The molecule has 0 atom stereocenters. The molecule has 1 aliphatic rings. The van der Waals surface area contributed by atoms with E-state index in [9.17, 15) is 4.79 Å². The van der Waals surface area contributed by atoms with Gasteiger partial charge in [-0.2, -0.15) is 0 Å². The summed E-state index contributed by atoms with van der Waals surface area (Å²) in [4.78, 5) is 12.0. The highest BCUT2D eigenvalue weighted by Gasteiger charge is 2.18. The lowest BCUT2D eigenvalue weighted by molar-refractivity contribution is -0.113. The van der Waals surface area contributed by atoms with Crippen LogP contribution in [0, 0.1) is 0 Å². The summed E-state index contributed by atoms with van der Waals surface area (Å²) < 4.78 is 0. The summed E-state index contributed by atoms with van der Waals surface area (Å²) in [6, 6.07) is 1.46. The number of rotatable bonds is 4. The first-order valence-corrected chi connectivity index (χ1v) is 9.29. The fraction of sp³-hybridized carbons (Fsp3) is 0.500. The number of anilines is 1. The van der Waals surface area contributed by atoms with Gasteiger partial charge in [0.1, 0.15) is 0 Å². The van der Waals surface area contributed by atoms with Gasteiger partial charge in [0.25, 0.3) is 0 Å². The number of nitrogens with one attached hydrogen (secondary N) is 1. The molecule has 0 radical (unpaired) electrons. The number of carbonyl (C=O) groups is 1. The molecular formula is C14H15Cl4NOS. The molecule has 0 bridgehead atoms. The number of thioether (sulfide) groups is 1. The van der Waals surface area contributed by atoms with Crippen LogP contribution >= 0.6 is 58.2 Å². The summed E-state index contributed by atoms with van der Waals surface area (Å²) in [6.45, 7) is 0. The van der Waals surface area contributed by atoms with Crippen LogP contribution in [0.15, 0.2) is 6.07 Å². The molecule has 0 heterocycles. The van der Waals surface area contributed by atoms with Gasteiger partial charge in [-0.1, -0.05) is 65.7 Å². The molecule has 116 valence electrons. The van der Waals surface area contributed by atoms with Gasteiger partial charge in [-0.3, -0.25) is 4.79 Å². The van der Waals surface area contributed by atoms with Crippen molar-refractivity contribution in [3.8, 4) is 0 Å². The van der Waals surface area contributed by atoms with Gasteiger partial charge in [-0.25, -0.2) is 0 Å². The lowest BCUT2D eigenvalue weighted by Gasteiger charge is -2.20. The Morgan fingerprint density at radius 2 is 1.67 bits per heavy atom. The van der Waals surface area contributed by atoms with E-state index in [1.807, 2.05) is 0 Å². The van der Waals surface area contributed by atoms with Crippen LogP contribution < -0.4 is 5.32 Å². The third-order valence-electron chi connectivity index (χ3n) is 3.38. The Bertz CT molecular complexity index is 506. The maximum absolute atomic E-state index is 12.0. The second-order valence-corrected chi connectivity index (χ2v) is 7.82. The molecule has 1 saturated carbocycles.